The Morgan fingerprint density at radius 1 is 1.38 bits per heavy atom. The van der Waals surface area contributed by atoms with Crippen LogP contribution in [0, 0.1) is 0 Å². The third kappa shape index (κ3) is 4.86. The highest BCUT2D eigenvalue weighted by molar-refractivity contribution is 7.80. The summed E-state index contributed by atoms with van der Waals surface area (Å²) in [6.45, 7) is 7.37. The van der Waals surface area contributed by atoms with E-state index in [1.807, 2.05) is 13.0 Å². The van der Waals surface area contributed by atoms with Crippen LogP contribution in [-0.4, -0.2) is 19.0 Å². The van der Waals surface area contributed by atoms with Crippen molar-refractivity contribution in [3.8, 4) is 0 Å². The lowest BCUT2D eigenvalue weighted by Crippen LogP contribution is -2.10. The molecule has 16 heavy (non-hydrogen) atoms. The van der Waals surface area contributed by atoms with E-state index in [2.05, 4.69) is 43.5 Å². The van der Waals surface area contributed by atoms with Gasteiger partial charge in [-0.05, 0) is 24.7 Å². The molecule has 0 aromatic heterocycles. The second-order valence-electron chi connectivity index (χ2n) is 4.07. The molecule has 0 aliphatic carbocycles. The van der Waals surface area contributed by atoms with Gasteiger partial charge in [0.25, 0.3) is 0 Å². The normalized spacial score (nSPS) is 12.4. The van der Waals surface area contributed by atoms with Crippen LogP contribution in [0.5, 0.6) is 0 Å². The van der Waals surface area contributed by atoms with Crippen LogP contribution in [0.3, 0.4) is 0 Å². The van der Waals surface area contributed by atoms with E-state index < -0.39 is 0 Å². The summed E-state index contributed by atoms with van der Waals surface area (Å²) in [5.41, 5.74) is 2.47. The first-order valence-corrected chi connectivity index (χ1v) is 6.25. The molecule has 1 aromatic carbocycles. The van der Waals surface area contributed by atoms with Crippen LogP contribution in [-0.2, 0) is 4.74 Å². The lowest BCUT2D eigenvalue weighted by atomic mass is 10.0. The maximum Gasteiger partial charge on any atom is 0.0542 e. The van der Waals surface area contributed by atoms with Crippen LogP contribution in [0.15, 0.2) is 42.5 Å². The van der Waals surface area contributed by atoms with Gasteiger partial charge in [-0.2, -0.15) is 12.6 Å². The molecule has 0 radical (unpaired) electrons. The Kier molecular flexibility index (Phi) is 6.27. The summed E-state index contributed by atoms with van der Waals surface area (Å²) in [4.78, 5) is 0. The van der Waals surface area contributed by atoms with Gasteiger partial charge in [0.2, 0.25) is 0 Å². The monoisotopic (exact) mass is 236 g/mol. The summed E-state index contributed by atoms with van der Waals surface area (Å²) in [7, 11) is 0. The van der Waals surface area contributed by atoms with E-state index in [0.717, 1.165) is 25.4 Å². The first-order chi connectivity index (χ1) is 7.74. The number of ether oxygens (including phenoxy) is 1. The highest BCUT2D eigenvalue weighted by Crippen LogP contribution is 2.17. The SMILES string of the molecule is C=C(C)CCOCC(CS)c1ccccc1. The largest absolute Gasteiger partial charge is 0.380 e. The fourth-order valence-corrected chi connectivity index (χ4v) is 1.77. The molecule has 0 aliphatic rings. The van der Waals surface area contributed by atoms with Crippen molar-refractivity contribution in [3.05, 3.63) is 48.0 Å². The van der Waals surface area contributed by atoms with Gasteiger partial charge >= 0.3 is 0 Å². The molecule has 2 heteroatoms. The van der Waals surface area contributed by atoms with E-state index in [4.69, 9.17) is 4.74 Å². The summed E-state index contributed by atoms with van der Waals surface area (Å²) >= 11 is 4.37. The van der Waals surface area contributed by atoms with Gasteiger partial charge < -0.3 is 4.74 Å². The molecule has 0 N–H and O–H groups in total. The minimum Gasteiger partial charge on any atom is -0.380 e. The zero-order chi connectivity index (χ0) is 11.8. The van der Waals surface area contributed by atoms with E-state index in [1.54, 1.807) is 0 Å². The van der Waals surface area contributed by atoms with Crippen molar-refractivity contribution in [2.45, 2.75) is 19.3 Å². The summed E-state index contributed by atoms with van der Waals surface area (Å²) in [5, 5.41) is 0. The highest BCUT2D eigenvalue weighted by Gasteiger charge is 2.08. The lowest BCUT2D eigenvalue weighted by Gasteiger charge is -2.15. The second-order valence-corrected chi connectivity index (χ2v) is 4.44. The predicted molar refractivity (Wildman–Crippen MR) is 73.3 cm³/mol. The molecule has 88 valence electrons. The van der Waals surface area contributed by atoms with E-state index in [-0.39, 0.29) is 0 Å². The zero-order valence-electron chi connectivity index (χ0n) is 9.86. The molecule has 0 fully saturated rings. The minimum atomic E-state index is 0.384. The molecular formula is C14H20OS. The van der Waals surface area contributed by atoms with E-state index in [9.17, 15) is 0 Å². The third-order valence-corrected chi connectivity index (χ3v) is 2.92. The Morgan fingerprint density at radius 3 is 2.62 bits per heavy atom. The molecule has 0 aliphatic heterocycles. The molecule has 1 unspecified atom stereocenters. The standard InChI is InChI=1S/C14H20OS/c1-12(2)8-9-15-10-14(11-16)13-6-4-3-5-7-13/h3-7,14,16H,1,8-11H2,2H3. The third-order valence-electron chi connectivity index (χ3n) is 2.48. The van der Waals surface area contributed by atoms with Crippen molar-refractivity contribution >= 4 is 12.6 Å². The van der Waals surface area contributed by atoms with Crippen LogP contribution in [0.2, 0.25) is 0 Å². The molecule has 1 aromatic rings. The molecule has 0 saturated heterocycles. The fourth-order valence-electron chi connectivity index (χ4n) is 1.45. The number of hydrogen-bond donors (Lipinski definition) is 1. The number of benzene rings is 1. The molecule has 1 atom stereocenters. The van der Waals surface area contributed by atoms with Crippen molar-refractivity contribution in [2.75, 3.05) is 19.0 Å². The molecule has 0 spiro atoms. The lowest BCUT2D eigenvalue weighted by molar-refractivity contribution is 0.127. The van der Waals surface area contributed by atoms with Gasteiger partial charge in [-0.15, -0.1) is 6.58 Å². The first kappa shape index (κ1) is 13.3. The predicted octanol–water partition coefficient (Wildman–Crippen LogP) is 3.68. The summed E-state index contributed by atoms with van der Waals surface area (Å²) in [6, 6.07) is 10.4. The Morgan fingerprint density at radius 2 is 2.06 bits per heavy atom. The quantitative estimate of drug-likeness (QED) is 0.431. The van der Waals surface area contributed by atoms with Crippen molar-refractivity contribution < 1.29 is 4.74 Å². The number of thiol groups is 1. The van der Waals surface area contributed by atoms with Gasteiger partial charge in [-0.3, -0.25) is 0 Å². The van der Waals surface area contributed by atoms with Crippen LogP contribution in [0.25, 0.3) is 0 Å². The van der Waals surface area contributed by atoms with E-state index in [1.165, 1.54) is 11.1 Å². The topological polar surface area (TPSA) is 9.23 Å². The van der Waals surface area contributed by atoms with Gasteiger partial charge in [0.1, 0.15) is 0 Å². The zero-order valence-corrected chi connectivity index (χ0v) is 10.7. The maximum atomic E-state index is 5.64. The minimum absolute atomic E-state index is 0.384. The molecule has 1 rings (SSSR count). The maximum absolute atomic E-state index is 5.64. The molecule has 0 amide bonds. The molecule has 0 bridgehead atoms. The van der Waals surface area contributed by atoms with E-state index >= 15 is 0 Å². The van der Waals surface area contributed by atoms with Gasteiger partial charge in [-0.25, -0.2) is 0 Å². The van der Waals surface area contributed by atoms with Crippen LogP contribution in [0.1, 0.15) is 24.8 Å². The van der Waals surface area contributed by atoms with Crippen molar-refractivity contribution in [1.29, 1.82) is 0 Å². The molecule has 0 heterocycles. The summed E-state index contributed by atoms with van der Waals surface area (Å²) in [6.07, 6.45) is 0.939. The number of rotatable bonds is 7. The van der Waals surface area contributed by atoms with Crippen molar-refractivity contribution in [1.82, 2.24) is 0 Å². The average molecular weight is 236 g/mol. The molecule has 0 saturated carbocycles. The Hall–Kier alpha value is -0.730. The molecular weight excluding hydrogens is 216 g/mol. The van der Waals surface area contributed by atoms with Crippen molar-refractivity contribution in [2.24, 2.45) is 0 Å². The molecule has 1 nitrogen and oxygen atoms in total. The van der Waals surface area contributed by atoms with Crippen LogP contribution >= 0.6 is 12.6 Å². The summed E-state index contributed by atoms with van der Waals surface area (Å²) in [5.74, 6) is 1.20. The van der Waals surface area contributed by atoms with Gasteiger partial charge in [0.15, 0.2) is 0 Å². The fraction of sp³-hybridized carbons (Fsp3) is 0.429. The Bertz CT molecular complexity index is 308. The second kappa shape index (κ2) is 7.53. The van der Waals surface area contributed by atoms with Gasteiger partial charge in [-0.1, -0.05) is 35.9 Å². The van der Waals surface area contributed by atoms with Gasteiger partial charge in [0.05, 0.1) is 13.2 Å². The van der Waals surface area contributed by atoms with Crippen LogP contribution in [0.4, 0.5) is 0 Å². The van der Waals surface area contributed by atoms with Gasteiger partial charge in [0, 0.05) is 5.92 Å². The van der Waals surface area contributed by atoms with Crippen LogP contribution < -0.4 is 0 Å². The van der Waals surface area contributed by atoms with E-state index in [0.29, 0.717) is 5.92 Å². The average Bonchev–Trinajstić information content (AvgIpc) is 2.30. The highest BCUT2D eigenvalue weighted by atomic mass is 32.1. The smallest absolute Gasteiger partial charge is 0.0542 e. The Labute approximate surface area is 104 Å². The summed E-state index contributed by atoms with van der Waals surface area (Å²) < 4.78 is 5.64. The Balaban J connectivity index is 2.35. The number of hydrogen-bond acceptors (Lipinski definition) is 2. The first-order valence-electron chi connectivity index (χ1n) is 5.62. The van der Waals surface area contributed by atoms with Crippen molar-refractivity contribution in [3.63, 3.8) is 0 Å².